The van der Waals surface area contributed by atoms with Crippen LogP contribution >= 0.6 is 11.8 Å². The Bertz CT molecular complexity index is 1570. The average molecular weight is 523 g/mol. The molecular weight excluding hydrogens is 500 g/mol. The van der Waals surface area contributed by atoms with Gasteiger partial charge in [0.1, 0.15) is 0 Å². The highest BCUT2D eigenvalue weighted by Gasteiger charge is 2.23. The van der Waals surface area contributed by atoms with E-state index < -0.39 is 9.85 Å². The van der Waals surface area contributed by atoms with Crippen LogP contribution in [0.2, 0.25) is 0 Å². The Balaban J connectivity index is 1.62. The molecule has 0 radical (unpaired) electrons. The van der Waals surface area contributed by atoms with E-state index in [1.807, 2.05) is 30.3 Å². The van der Waals surface area contributed by atoms with E-state index in [9.17, 15) is 25.0 Å². The fourth-order valence-corrected chi connectivity index (χ4v) is 4.55. The molecule has 0 heterocycles. The van der Waals surface area contributed by atoms with Crippen molar-refractivity contribution in [2.45, 2.75) is 24.7 Å². The second-order valence-corrected chi connectivity index (χ2v) is 9.70. The maximum atomic E-state index is 11.9. The van der Waals surface area contributed by atoms with E-state index in [0.717, 1.165) is 34.2 Å². The summed E-state index contributed by atoms with van der Waals surface area (Å²) in [5, 5.41) is 23.8. The Kier molecular flexibility index (Phi) is 8.31. The van der Waals surface area contributed by atoms with Crippen LogP contribution in [0.25, 0.3) is 11.1 Å². The first-order valence-electron chi connectivity index (χ1n) is 11.7. The minimum absolute atomic E-state index is 0.0155. The SMILES string of the molecule is CC(=O)Sc1ccc(C#Cc2ccc(-c3ccc(CCc4ccccc4)cc3[N+](=O)[O-])c([N+](=O)[O-])c2)cc1. The lowest BCUT2D eigenvalue weighted by Crippen LogP contribution is -1.99. The van der Waals surface area contributed by atoms with Crippen LogP contribution in [0.1, 0.15) is 29.2 Å². The second-order valence-electron chi connectivity index (χ2n) is 8.45. The molecule has 7 nitrogen and oxygen atoms in total. The van der Waals surface area contributed by atoms with Gasteiger partial charge in [-0.15, -0.1) is 0 Å². The zero-order valence-corrected chi connectivity index (χ0v) is 21.2. The molecule has 0 atom stereocenters. The molecule has 0 aliphatic carbocycles. The Labute approximate surface area is 223 Å². The molecule has 0 N–H and O–H groups in total. The van der Waals surface area contributed by atoms with Crippen LogP contribution in [0.4, 0.5) is 11.4 Å². The summed E-state index contributed by atoms with van der Waals surface area (Å²) in [5.74, 6) is 5.87. The summed E-state index contributed by atoms with van der Waals surface area (Å²) in [7, 11) is 0. The van der Waals surface area contributed by atoms with Crippen LogP contribution in [-0.4, -0.2) is 15.0 Å². The number of benzene rings is 4. The summed E-state index contributed by atoms with van der Waals surface area (Å²) >= 11 is 1.12. The van der Waals surface area contributed by atoms with Crippen molar-refractivity contribution in [3.63, 3.8) is 0 Å². The number of carbonyl (C=O) groups excluding carboxylic acids is 1. The molecule has 0 fully saturated rings. The van der Waals surface area contributed by atoms with Crippen LogP contribution in [0.15, 0.2) is 95.9 Å². The van der Waals surface area contributed by atoms with Crippen molar-refractivity contribution in [3.05, 3.63) is 133 Å². The van der Waals surface area contributed by atoms with E-state index in [2.05, 4.69) is 11.8 Å². The fraction of sp³-hybridized carbons (Fsp3) is 0.100. The first kappa shape index (κ1) is 26.3. The van der Waals surface area contributed by atoms with E-state index in [0.29, 0.717) is 17.5 Å². The minimum atomic E-state index is -0.554. The predicted octanol–water partition coefficient (Wildman–Crippen LogP) is 6.99. The molecule has 8 heteroatoms. The maximum absolute atomic E-state index is 11.9. The van der Waals surface area contributed by atoms with Gasteiger partial charge in [0, 0.05) is 35.1 Å². The number of nitrogens with zero attached hydrogens (tertiary/aromatic N) is 2. The Morgan fingerprint density at radius 2 is 1.26 bits per heavy atom. The van der Waals surface area contributed by atoms with Gasteiger partial charge in [-0.1, -0.05) is 60.0 Å². The van der Waals surface area contributed by atoms with Gasteiger partial charge in [-0.05, 0) is 66.4 Å². The van der Waals surface area contributed by atoms with Crippen molar-refractivity contribution in [1.82, 2.24) is 0 Å². The summed E-state index contributed by atoms with van der Waals surface area (Å²) in [5.41, 5.74) is 2.90. The lowest BCUT2D eigenvalue weighted by molar-refractivity contribution is -0.386. The smallest absolute Gasteiger partial charge is 0.278 e. The summed E-state index contributed by atoms with van der Waals surface area (Å²) in [4.78, 5) is 34.8. The van der Waals surface area contributed by atoms with E-state index in [-0.39, 0.29) is 27.6 Å². The molecule has 0 bridgehead atoms. The molecule has 0 spiro atoms. The van der Waals surface area contributed by atoms with Crippen LogP contribution in [-0.2, 0) is 17.6 Å². The highest BCUT2D eigenvalue weighted by Crippen LogP contribution is 2.37. The number of aryl methyl sites for hydroxylation is 2. The van der Waals surface area contributed by atoms with Crippen LogP contribution in [0.3, 0.4) is 0 Å². The fourth-order valence-electron chi connectivity index (χ4n) is 3.95. The number of nitro benzene ring substituents is 2. The third kappa shape index (κ3) is 6.72. The third-order valence-electron chi connectivity index (χ3n) is 5.76. The van der Waals surface area contributed by atoms with Crippen molar-refractivity contribution < 1.29 is 14.6 Å². The topological polar surface area (TPSA) is 103 Å². The van der Waals surface area contributed by atoms with Crippen molar-refractivity contribution >= 4 is 28.3 Å². The van der Waals surface area contributed by atoms with Gasteiger partial charge in [0.2, 0.25) is 0 Å². The lowest BCUT2D eigenvalue weighted by atomic mass is 9.96. The second kappa shape index (κ2) is 12.0. The van der Waals surface area contributed by atoms with Crippen LogP contribution in [0.5, 0.6) is 0 Å². The van der Waals surface area contributed by atoms with Gasteiger partial charge in [-0.3, -0.25) is 25.0 Å². The minimum Gasteiger partial charge on any atom is -0.287 e. The van der Waals surface area contributed by atoms with Gasteiger partial charge in [-0.2, -0.15) is 0 Å². The predicted molar refractivity (Wildman–Crippen MR) is 148 cm³/mol. The zero-order chi connectivity index (χ0) is 27.1. The normalized spacial score (nSPS) is 10.3. The van der Waals surface area contributed by atoms with E-state index in [1.54, 1.807) is 42.5 Å². The monoisotopic (exact) mass is 522 g/mol. The molecule has 0 amide bonds. The number of carbonyl (C=O) groups is 1. The van der Waals surface area contributed by atoms with Gasteiger partial charge >= 0.3 is 0 Å². The highest BCUT2D eigenvalue weighted by atomic mass is 32.2. The van der Waals surface area contributed by atoms with Crippen LogP contribution < -0.4 is 0 Å². The summed E-state index contributed by atoms with van der Waals surface area (Å²) in [6, 6.07) is 26.2. The summed E-state index contributed by atoms with van der Waals surface area (Å²) in [6.07, 6.45) is 1.33. The molecule has 0 saturated heterocycles. The summed E-state index contributed by atoms with van der Waals surface area (Å²) in [6.45, 7) is 1.49. The number of thioether (sulfide) groups is 1. The van der Waals surface area contributed by atoms with Gasteiger partial charge in [0.05, 0.1) is 21.0 Å². The molecule has 188 valence electrons. The third-order valence-corrected chi connectivity index (χ3v) is 6.55. The molecule has 4 aromatic carbocycles. The average Bonchev–Trinajstić information content (AvgIpc) is 2.91. The molecule has 0 saturated carbocycles. The van der Waals surface area contributed by atoms with Crippen molar-refractivity contribution in [1.29, 1.82) is 0 Å². The number of rotatable bonds is 7. The van der Waals surface area contributed by atoms with Gasteiger partial charge in [-0.25, -0.2) is 0 Å². The van der Waals surface area contributed by atoms with Gasteiger partial charge in [0.25, 0.3) is 11.4 Å². The van der Waals surface area contributed by atoms with E-state index in [1.165, 1.54) is 25.1 Å². The van der Waals surface area contributed by atoms with Crippen molar-refractivity contribution in [2.24, 2.45) is 0 Å². The zero-order valence-electron chi connectivity index (χ0n) is 20.4. The first-order valence-corrected chi connectivity index (χ1v) is 12.5. The van der Waals surface area contributed by atoms with Crippen molar-refractivity contribution in [3.8, 4) is 23.0 Å². The van der Waals surface area contributed by atoms with Crippen LogP contribution in [0, 0.1) is 32.1 Å². The summed E-state index contributed by atoms with van der Waals surface area (Å²) < 4.78 is 0. The van der Waals surface area contributed by atoms with Gasteiger partial charge < -0.3 is 0 Å². The molecular formula is C30H22N2O5S. The maximum Gasteiger partial charge on any atom is 0.278 e. The Hall–Kier alpha value is -4.74. The molecule has 0 aromatic heterocycles. The van der Waals surface area contributed by atoms with Crippen molar-refractivity contribution in [2.75, 3.05) is 0 Å². The highest BCUT2D eigenvalue weighted by molar-refractivity contribution is 8.13. The quantitative estimate of drug-likeness (QED) is 0.112. The molecule has 0 aliphatic heterocycles. The Morgan fingerprint density at radius 1 is 0.711 bits per heavy atom. The number of hydrogen-bond acceptors (Lipinski definition) is 6. The number of hydrogen-bond donors (Lipinski definition) is 0. The molecule has 4 aromatic rings. The number of nitro groups is 2. The Morgan fingerprint density at radius 3 is 1.89 bits per heavy atom. The molecule has 38 heavy (non-hydrogen) atoms. The standard InChI is InChI=1S/C30H22N2O5S/c1-21(33)38-26-15-11-23(12-16-26)8-10-25-14-18-28(30(20-25)32(36)37)27-17-13-24(19-29(27)31(34)35)9-7-22-5-3-2-4-6-22/h2-6,11-20H,7,9H2,1H3. The lowest BCUT2D eigenvalue weighted by Gasteiger charge is -2.08. The molecule has 0 aliphatic rings. The molecule has 0 unspecified atom stereocenters. The van der Waals surface area contributed by atoms with E-state index >= 15 is 0 Å². The molecule has 4 rings (SSSR count). The first-order chi connectivity index (χ1) is 18.3. The van der Waals surface area contributed by atoms with E-state index in [4.69, 9.17) is 0 Å². The van der Waals surface area contributed by atoms with Gasteiger partial charge in [0.15, 0.2) is 5.12 Å². The largest absolute Gasteiger partial charge is 0.287 e.